The molecule has 0 aromatic rings. The molecule has 1 saturated heterocycles. The largest absolute Gasteiger partial charge is 0.381 e. The first-order valence-electron chi connectivity index (χ1n) is 6.79. The lowest BCUT2D eigenvalue weighted by Crippen LogP contribution is -2.59. The second-order valence-electron chi connectivity index (χ2n) is 5.61. The van der Waals surface area contributed by atoms with Gasteiger partial charge in [-0.05, 0) is 31.6 Å². The molecule has 1 aliphatic carbocycles. The summed E-state index contributed by atoms with van der Waals surface area (Å²) in [7, 11) is 0. The van der Waals surface area contributed by atoms with E-state index < -0.39 is 5.54 Å². The molecular formula is C13H24N2O2. The van der Waals surface area contributed by atoms with Crippen LogP contribution < -0.4 is 11.1 Å². The van der Waals surface area contributed by atoms with E-state index in [1.54, 1.807) is 0 Å². The molecule has 1 amide bonds. The Morgan fingerprint density at radius 1 is 1.29 bits per heavy atom. The first-order chi connectivity index (χ1) is 8.12. The lowest BCUT2D eigenvalue weighted by molar-refractivity contribution is -0.131. The number of amides is 1. The van der Waals surface area contributed by atoms with Crippen LogP contribution in [-0.4, -0.2) is 30.7 Å². The number of ether oxygens (including phenoxy) is 1. The minimum absolute atomic E-state index is 0.0274. The fourth-order valence-electron chi connectivity index (χ4n) is 2.81. The molecule has 1 aliphatic heterocycles. The summed E-state index contributed by atoms with van der Waals surface area (Å²) < 4.78 is 5.27. The molecule has 2 rings (SSSR count). The van der Waals surface area contributed by atoms with Gasteiger partial charge in [-0.25, -0.2) is 0 Å². The van der Waals surface area contributed by atoms with Crippen molar-refractivity contribution in [2.24, 2.45) is 11.7 Å². The van der Waals surface area contributed by atoms with Crippen LogP contribution in [-0.2, 0) is 9.53 Å². The molecule has 2 unspecified atom stereocenters. The van der Waals surface area contributed by atoms with E-state index in [-0.39, 0.29) is 5.91 Å². The van der Waals surface area contributed by atoms with Crippen LogP contribution >= 0.6 is 0 Å². The van der Waals surface area contributed by atoms with E-state index in [0.717, 1.165) is 6.42 Å². The van der Waals surface area contributed by atoms with Crippen LogP contribution in [0.1, 0.15) is 45.4 Å². The average Bonchev–Trinajstić information content (AvgIpc) is 2.33. The monoisotopic (exact) mass is 240 g/mol. The second kappa shape index (κ2) is 5.36. The highest BCUT2D eigenvalue weighted by Gasteiger charge is 2.37. The van der Waals surface area contributed by atoms with Gasteiger partial charge < -0.3 is 15.8 Å². The van der Waals surface area contributed by atoms with Crippen molar-refractivity contribution in [1.82, 2.24) is 5.32 Å². The first kappa shape index (κ1) is 12.8. The standard InChI is InChI=1S/C13H24N2O2/c1-10-4-2-3-5-11(10)15-12(16)13(14)6-8-17-9-7-13/h10-11H,2-9,14H2,1H3,(H,15,16). The van der Waals surface area contributed by atoms with Crippen molar-refractivity contribution in [1.29, 1.82) is 0 Å². The van der Waals surface area contributed by atoms with Crippen LogP contribution in [0.5, 0.6) is 0 Å². The van der Waals surface area contributed by atoms with E-state index in [2.05, 4.69) is 12.2 Å². The highest BCUT2D eigenvalue weighted by atomic mass is 16.5. The van der Waals surface area contributed by atoms with Crippen molar-refractivity contribution in [3.63, 3.8) is 0 Å². The van der Waals surface area contributed by atoms with E-state index in [0.29, 0.717) is 38.0 Å². The molecule has 0 aromatic heterocycles. The summed E-state index contributed by atoms with van der Waals surface area (Å²) in [6.45, 7) is 3.42. The van der Waals surface area contributed by atoms with Crippen LogP contribution in [0.2, 0.25) is 0 Å². The summed E-state index contributed by atoms with van der Waals surface area (Å²) in [4.78, 5) is 12.2. The molecule has 0 bridgehead atoms. The van der Waals surface area contributed by atoms with Gasteiger partial charge in [0.15, 0.2) is 0 Å². The van der Waals surface area contributed by atoms with Gasteiger partial charge in [0.25, 0.3) is 0 Å². The Labute approximate surface area is 103 Å². The normalized spacial score (nSPS) is 33.1. The van der Waals surface area contributed by atoms with E-state index in [1.165, 1.54) is 19.3 Å². The third-order valence-electron chi connectivity index (χ3n) is 4.27. The summed E-state index contributed by atoms with van der Waals surface area (Å²) in [5.41, 5.74) is 5.47. The molecule has 2 fully saturated rings. The topological polar surface area (TPSA) is 64.4 Å². The van der Waals surface area contributed by atoms with Crippen LogP contribution in [0, 0.1) is 5.92 Å². The number of carbonyl (C=O) groups excluding carboxylic acids is 1. The van der Waals surface area contributed by atoms with Gasteiger partial charge >= 0.3 is 0 Å². The molecule has 4 nitrogen and oxygen atoms in total. The lowest BCUT2D eigenvalue weighted by Gasteiger charge is -2.36. The van der Waals surface area contributed by atoms with Gasteiger partial charge in [0.05, 0.1) is 5.54 Å². The SMILES string of the molecule is CC1CCCCC1NC(=O)C1(N)CCOCC1. The highest BCUT2D eigenvalue weighted by molar-refractivity contribution is 5.86. The van der Waals surface area contributed by atoms with E-state index >= 15 is 0 Å². The summed E-state index contributed by atoms with van der Waals surface area (Å²) in [5.74, 6) is 0.607. The molecule has 0 spiro atoms. The van der Waals surface area contributed by atoms with Gasteiger partial charge in [0, 0.05) is 19.3 Å². The minimum atomic E-state index is -0.699. The number of rotatable bonds is 2. The third-order valence-corrected chi connectivity index (χ3v) is 4.27. The number of carbonyl (C=O) groups is 1. The fourth-order valence-corrected chi connectivity index (χ4v) is 2.81. The van der Waals surface area contributed by atoms with Crippen molar-refractivity contribution in [3.8, 4) is 0 Å². The molecule has 1 saturated carbocycles. The van der Waals surface area contributed by atoms with Gasteiger partial charge in [-0.15, -0.1) is 0 Å². The van der Waals surface area contributed by atoms with Gasteiger partial charge in [-0.3, -0.25) is 4.79 Å². The summed E-state index contributed by atoms with van der Waals surface area (Å²) >= 11 is 0. The number of hydrogen-bond acceptors (Lipinski definition) is 3. The number of hydrogen-bond donors (Lipinski definition) is 2. The van der Waals surface area contributed by atoms with Crippen LogP contribution in [0.3, 0.4) is 0 Å². The smallest absolute Gasteiger partial charge is 0.240 e. The Balaban J connectivity index is 1.90. The minimum Gasteiger partial charge on any atom is -0.381 e. The molecule has 0 aromatic carbocycles. The van der Waals surface area contributed by atoms with Crippen LogP contribution in [0.4, 0.5) is 0 Å². The van der Waals surface area contributed by atoms with Crippen molar-refractivity contribution in [2.75, 3.05) is 13.2 Å². The van der Waals surface area contributed by atoms with Crippen molar-refractivity contribution in [3.05, 3.63) is 0 Å². The number of nitrogens with one attached hydrogen (secondary N) is 1. The molecule has 2 aliphatic rings. The molecule has 2 atom stereocenters. The molecule has 4 heteroatoms. The van der Waals surface area contributed by atoms with Crippen molar-refractivity contribution < 1.29 is 9.53 Å². The second-order valence-corrected chi connectivity index (χ2v) is 5.61. The zero-order chi connectivity index (χ0) is 12.3. The van der Waals surface area contributed by atoms with Crippen LogP contribution in [0.25, 0.3) is 0 Å². The maximum atomic E-state index is 12.2. The average molecular weight is 240 g/mol. The quantitative estimate of drug-likeness (QED) is 0.762. The summed E-state index contributed by atoms with van der Waals surface area (Å²) in [6, 6.07) is 0.319. The Morgan fingerprint density at radius 2 is 1.94 bits per heavy atom. The van der Waals surface area contributed by atoms with E-state index in [4.69, 9.17) is 10.5 Å². The molecule has 17 heavy (non-hydrogen) atoms. The van der Waals surface area contributed by atoms with E-state index in [1.807, 2.05) is 0 Å². The maximum Gasteiger partial charge on any atom is 0.240 e. The predicted molar refractivity (Wildman–Crippen MR) is 66.5 cm³/mol. The van der Waals surface area contributed by atoms with Crippen LogP contribution in [0.15, 0.2) is 0 Å². The maximum absolute atomic E-state index is 12.2. The lowest BCUT2D eigenvalue weighted by atomic mass is 9.84. The molecule has 1 heterocycles. The first-order valence-corrected chi connectivity index (χ1v) is 6.79. The fraction of sp³-hybridized carbons (Fsp3) is 0.923. The molecule has 98 valence electrons. The van der Waals surface area contributed by atoms with Gasteiger partial charge in [-0.1, -0.05) is 19.8 Å². The van der Waals surface area contributed by atoms with Crippen molar-refractivity contribution in [2.45, 2.75) is 57.0 Å². The molecule has 0 radical (unpaired) electrons. The Morgan fingerprint density at radius 3 is 2.59 bits per heavy atom. The molecule has 3 N–H and O–H groups in total. The predicted octanol–water partition coefficient (Wildman–Crippen LogP) is 1.19. The van der Waals surface area contributed by atoms with Crippen molar-refractivity contribution >= 4 is 5.91 Å². The Bertz CT molecular complexity index is 275. The highest BCUT2D eigenvalue weighted by Crippen LogP contribution is 2.25. The third kappa shape index (κ3) is 2.99. The zero-order valence-corrected chi connectivity index (χ0v) is 10.7. The number of nitrogens with two attached hydrogens (primary N) is 1. The molecular weight excluding hydrogens is 216 g/mol. The van der Waals surface area contributed by atoms with Gasteiger partial charge in [-0.2, -0.15) is 0 Å². The Kier molecular flexibility index (Phi) is 4.05. The summed E-state index contributed by atoms with van der Waals surface area (Å²) in [5, 5.41) is 3.16. The Hall–Kier alpha value is -0.610. The summed E-state index contributed by atoms with van der Waals surface area (Å²) in [6.07, 6.45) is 6.09. The zero-order valence-electron chi connectivity index (χ0n) is 10.7. The van der Waals surface area contributed by atoms with Gasteiger partial charge in [0.1, 0.15) is 0 Å². The van der Waals surface area contributed by atoms with Gasteiger partial charge in [0.2, 0.25) is 5.91 Å². The van der Waals surface area contributed by atoms with E-state index in [9.17, 15) is 4.79 Å².